The van der Waals surface area contributed by atoms with E-state index in [-0.39, 0.29) is 23.7 Å². The lowest BCUT2D eigenvalue weighted by atomic mass is 10.2. The summed E-state index contributed by atoms with van der Waals surface area (Å²) in [4.78, 5) is 47.5. The highest BCUT2D eigenvalue weighted by Gasteiger charge is 2.16. The van der Waals surface area contributed by atoms with Crippen molar-refractivity contribution in [2.75, 3.05) is 26.1 Å². The number of nitrogens with one attached hydrogen (secondary N) is 1. The summed E-state index contributed by atoms with van der Waals surface area (Å²) in [5.41, 5.74) is -1.12. The number of hydrogen-bond acceptors (Lipinski definition) is 7. The van der Waals surface area contributed by atoms with Crippen molar-refractivity contribution in [3.63, 3.8) is 0 Å². The molecule has 0 aliphatic rings. The zero-order valence-electron chi connectivity index (χ0n) is 15.3. The number of ether oxygens (including phenoxy) is 3. The van der Waals surface area contributed by atoms with Gasteiger partial charge in [-0.1, -0.05) is 0 Å². The van der Waals surface area contributed by atoms with E-state index in [0.717, 1.165) is 15.2 Å². The average Bonchev–Trinajstić information content (AvgIpc) is 2.67. The maximum absolute atomic E-state index is 12.6. The first-order chi connectivity index (χ1) is 12.8. The summed E-state index contributed by atoms with van der Waals surface area (Å²) in [7, 11) is 5.34. The molecule has 1 amide bonds. The topological polar surface area (TPSA) is 118 Å². The van der Waals surface area contributed by atoms with Gasteiger partial charge in [0.25, 0.3) is 11.5 Å². The molecule has 0 unspecified atom stereocenters. The fourth-order valence-electron chi connectivity index (χ4n) is 2.21. The van der Waals surface area contributed by atoms with E-state index in [1.54, 1.807) is 6.07 Å². The number of rotatable bonds is 6. The van der Waals surface area contributed by atoms with E-state index >= 15 is 0 Å². The van der Waals surface area contributed by atoms with Gasteiger partial charge in [-0.25, -0.2) is 9.59 Å². The Hall–Kier alpha value is -3.56. The maximum Gasteiger partial charge on any atom is 0.343 e. The summed E-state index contributed by atoms with van der Waals surface area (Å²) < 4.78 is 16.9. The molecule has 1 aromatic carbocycles. The van der Waals surface area contributed by atoms with Crippen LogP contribution in [-0.4, -0.2) is 41.8 Å². The second-order valence-corrected chi connectivity index (χ2v) is 5.45. The van der Waals surface area contributed by atoms with Crippen LogP contribution in [0.1, 0.15) is 10.5 Å². The van der Waals surface area contributed by atoms with E-state index in [1.807, 2.05) is 0 Å². The molecule has 0 aliphatic carbocycles. The predicted molar refractivity (Wildman–Crippen MR) is 95.4 cm³/mol. The summed E-state index contributed by atoms with van der Waals surface area (Å²) in [6, 6.07) is 5.58. The van der Waals surface area contributed by atoms with Crippen LogP contribution in [0, 0.1) is 0 Å². The van der Waals surface area contributed by atoms with Gasteiger partial charge in [-0.15, -0.1) is 0 Å². The van der Waals surface area contributed by atoms with Crippen molar-refractivity contribution in [1.29, 1.82) is 0 Å². The van der Waals surface area contributed by atoms with Crippen molar-refractivity contribution < 1.29 is 23.8 Å². The Bertz CT molecular complexity index is 991. The second-order valence-electron chi connectivity index (χ2n) is 5.45. The number of amides is 1. The van der Waals surface area contributed by atoms with Crippen LogP contribution in [0.25, 0.3) is 0 Å². The lowest BCUT2D eigenvalue weighted by molar-refractivity contribution is -0.142. The van der Waals surface area contributed by atoms with Crippen LogP contribution < -0.4 is 26.0 Å². The van der Waals surface area contributed by atoms with E-state index in [1.165, 1.54) is 40.4 Å². The van der Waals surface area contributed by atoms with Gasteiger partial charge in [-0.2, -0.15) is 0 Å². The van der Waals surface area contributed by atoms with Gasteiger partial charge in [0.2, 0.25) is 0 Å². The number of carbonyl (C=O) groups is 2. The molecule has 2 aromatic rings. The number of hydrogen-bond donors (Lipinski definition) is 1. The first-order valence-corrected chi connectivity index (χ1v) is 7.74. The SMILES string of the molecule is COC(=O)COc1ccc(OC)c(NC(=O)c2cc(=O)n(C)c(=O)n2C)c1. The Morgan fingerprint density at radius 3 is 2.41 bits per heavy atom. The number of aromatic nitrogens is 2. The highest BCUT2D eigenvalue weighted by molar-refractivity contribution is 6.03. The van der Waals surface area contributed by atoms with E-state index in [4.69, 9.17) is 9.47 Å². The standard InChI is InChI=1S/C17H19N3O7/c1-19-12(8-14(21)20(2)17(19)24)16(23)18-11-7-10(5-6-13(11)25-3)27-9-15(22)26-4/h5-8H,9H2,1-4H3,(H,18,23). The minimum Gasteiger partial charge on any atom is -0.495 e. The van der Waals surface area contributed by atoms with Gasteiger partial charge in [0.1, 0.15) is 17.2 Å². The summed E-state index contributed by atoms with van der Waals surface area (Å²) >= 11 is 0. The Morgan fingerprint density at radius 2 is 1.78 bits per heavy atom. The van der Waals surface area contributed by atoms with E-state index < -0.39 is 23.1 Å². The molecule has 0 spiro atoms. The molecule has 0 saturated carbocycles. The zero-order chi connectivity index (χ0) is 20.1. The third kappa shape index (κ3) is 4.35. The van der Waals surface area contributed by atoms with Gasteiger partial charge < -0.3 is 19.5 Å². The van der Waals surface area contributed by atoms with Crippen molar-refractivity contribution in [2.45, 2.75) is 0 Å². The highest BCUT2D eigenvalue weighted by atomic mass is 16.6. The van der Waals surface area contributed by atoms with Crippen LogP contribution in [-0.2, 0) is 23.6 Å². The predicted octanol–water partition coefficient (Wildman–Crippen LogP) is -0.103. The summed E-state index contributed by atoms with van der Waals surface area (Å²) in [6.07, 6.45) is 0. The molecule has 0 fully saturated rings. The molecule has 1 aromatic heterocycles. The normalized spacial score (nSPS) is 10.2. The second kappa shape index (κ2) is 8.21. The third-order valence-corrected chi connectivity index (χ3v) is 3.76. The van der Waals surface area contributed by atoms with Gasteiger partial charge in [-0.05, 0) is 12.1 Å². The van der Waals surface area contributed by atoms with Gasteiger partial charge in [-0.3, -0.25) is 18.7 Å². The minimum absolute atomic E-state index is 0.119. The molecule has 0 aliphatic heterocycles. The largest absolute Gasteiger partial charge is 0.495 e. The fraction of sp³-hybridized carbons (Fsp3) is 0.294. The van der Waals surface area contributed by atoms with Gasteiger partial charge in [0.15, 0.2) is 6.61 Å². The lowest BCUT2D eigenvalue weighted by Crippen LogP contribution is -2.40. The Kier molecular flexibility index (Phi) is 6.01. The van der Waals surface area contributed by atoms with Crippen LogP contribution >= 0.6 is 0 Å². The fourth-order valence-corrected chi connectivity index (χ4v) is 2.21. The Morgan fingerprint density at radius 1 is 1.07 bits per heavy atom. The van der Waals surface area contributed by atoms with E-state index in [0.29, 0.717) is 5.75 Å². The molecule has 0 atom stereocenters. The molecular weight excluding hydrogens is 358 g/mol. The summed E-state index contributed by atoms with van der Waals surface area (Å²) in [5.74, 6) is -0.640. The van der Waals surface area contributed by atoms with Crippen LogP contribution in [0.15, 0.2) is 33.9 Å². The van der Waals surface area contributed by atoms with Crippen LogP contribution in [0.3, 0.4) is 0 Å². The molecule has 0 radical (unpaired) electrons. The number of anilines is 1. The van der Waals surface area contributed by atoms with Crippen LogP contribution in [0.5, 0.6) is 11.5 Å². The number of nitrogens with zero attached hydrogens (tertiary/aromatic N) is 2. The lowest BCUT2D eigenvalue weighted by Gasteiger charge is -2.14. The Balaban J connectivity index is 2.33. The number of esters is 1. The highest BCUT2D eigenvalue weighted by Crippen LogP contribution is 2.29. The molecule has 10 nitrogen and oxygen atoms in total. The van der Waals surface area contributed by atoms with Crippen molar-refractivity contribution in [3.8, 4) is 11.5 Å². The quantitative estimate of drug-likeness (QED) is 0.698. The smallest absolute Gasteiger partial charge is 0.343 e. The van der Waals surface area contributed by atoms with E-state index in [2.05, 4.69) is 10.1 Å². The molecule has 1 N–H and O–H groups in total. The monoisotopic (exact) mass is 377 g/mol. The molecular formula is C17H19N3O7. The average molecular weight is 377 g/mol. The minimum atomic E-state index is -0.685. The molecule has 1 heterocycles. The van der Waals surface area contributed by atoms with Crippen molar-refractivity contribution >= 4 is 17.6 Å². The molecule has 27 heavy (non-hydrogen) atoms. The number of carbonyl (C=O) groups excluding carboxylic acids is 2. The first-order valence-electron chi connectivity index (χ1n) is 7.74. The van der Waals surface area contributed by atoms with Gasteiger partial charge >= 0.3 is 11.7 Å². The van der Waals surface area contributed by atoms with Crippen molar-refractivity contribution in [1.82, 2.24) is 9.13 Å². The van der Waals surface area contributed by atoms with Crippen molar-refractivity contribution in [2.24, 2.45) is 14.1 Å². The van der Waals surface area contributed by atoms with Crippen LogP contribution in [0.4, 0.5) is 5.69 Å². The van der Waals surface area contributed by atoms with Gasteiger partial charge in [0, 0.05) is 26.2 Å². The maximum atomic E-state index is 12.6. The Labute approximate surface area is 153 Å². The summed E-state index contributed by atoms with van der Waals surface area (Å²) in [5, 5.41) is 2.57. The van der Waals surface area contributed by atoms with Crippen LogP contribution in [0.2, 0.25) is 0 Å². The molecule has 144 valence electrons. The molecule has 0 saturated heterocycles. The first kappa shape index (κ1) is 19.8. The molecule has 10 heteroatoms. The zero-order valence-corrected chi connectivity index (χ0v) is 15.3. The summed E-state index contributed by atoms with van der Waals surface area (Å²) in [6.45, 7) is -0.306. The molecule has 0 bridgehead atoms. The van der Waals surface area contributed by atoms with Crippen molar-refractivity contribution in [3.05, 3.63) is 50.8 Å². The third-order valence-electron chi connectivity index (χ3n) is 3.76. The number of benzene rings is 1. The van der Waals surface area contributed by atoms with E-state index in [9.17, 15) is 19.2 Å². The van der Waals surface area contributed by atoms with Gasteiger partial charge in [0.05, 0.1) is 19.9 Å². The number of methoxy groups -OCH3 is 2. The molecule has 2 rings (SSSR count).